The molecule has 2 aromatic rings. The molecule has 112 valence electrons. The molecule has 0 bridgehead atoms. The first-order valence-corrected chi connectivity index (χ1v) is 7.75. The van der Waals surface area contributed by atoms with Crippen molar-refractivity contribution in [3.63, 3.8) is 0 Å². The van der Waals surface area contributed by atoms with Crippen molar-refractivity contribution < 1.29 is 9.84 Å². The standard InChI is InChI=1S/C17H20BrNO2/c1-13-6-5-9-16(17(13)18)19-10-15(20)12-21-11-14-7-3-2-4-8-14/h2-9,15,19-20H,10-12H2,1H3. The van der Waals surface area contributed by atoms with Gasteiger partial charge in [-0.25, -0.2) is 0 Å². The molecule has 0 amide bonds. The van der Waals surface area contributed by atoms with Crippen LogP contribution in [0, 0.1) is 6.92 Å². The molecule has 0 spiro atoms. The molecule has 0 saturated carbocycles. The molecule has 21 heavy (non-hydrogen) atoms. The smallest absolute Gasteiger partial charge is 0.0945 e. The zero-order valence-electron chi connectivity index (χ0n) is 12.1. The number of halogens is 1. The first kappa shape index (κ1) is 16.0. The fourth-order valence-corrected chi connectivity index (χ4v) is 2.36. The molecule has 0 aromatic heterocycles. The Labute approximate surface area is 134 Å². The van der Waals surface area contributed by atoms with Crippen LogP contribution in [0.1, 0.15) is 11.1 Å². The van der Waals surface area contributed by atoms with Crippen LogP contribution in [-0.4, -0.2) is 24.4 Å². The Hall–Kier alpha value is -1.36. The molecule has 2 rings (SSSR count). The van der Waals surface area contributed by atoms with E-state index in [4.69, 9.17) is 4.74 Å². The highest BCUT2D eigenvalue weighted by Gasteiger charge is 2.07. The molecule has 0 aliphatic carbocycles. The maximum atomic E-state index is 9.95. The van der Waals surface area contributed by atoms with E-state index in [-0.39, 0.29) is 0 Å². The molecule has 0 fully saturated rings. The average Bonchev–Trinajstić information content (AvgIpc) is 2.50. The molecule has 0 saturated heterocycles. The number of aliphatic hydroxyl groups is 1. The highest BCUT2D eigenvalue weighted by molar-refractivity contribution is 9.10. The van der Waals surface area contributed by atoms with Gasteiger partial charge in [-0.2, -0.15) is 0 Å². The van der Waals surface area contributed by atoms with E-state index in [0.717, 1.165) is 21.3 Å². The minimum Gasteiger partial charge on any atom is -0.389 e. The summed E-state index contributed by atoms with van der Waals surface area (Å²) in [7, 11) is 0. The Morgan fingerprint density at radius 3 is 2.67 bits per heavy atom. The zero-order chi connectivity index (χ0) is 15.1. The second kappa shape index (κ2) is 8.17. The average molecular weight is 350 g/mol. The fourth-order valence-electron chi connectivity index (χ4n) is 1.96. The van der Waals surface area contributed by atoms with Crippen LogP contribution in [-0.2, 0) is 11.3 Å². The van der Waals surface area contributed by atoms with Crippen molar-refractivity contribution in [1.82, 2.24) is 0 Å². The third-order valence-electron chi connectivity index (χ3n) is 3.14. The number of aliphatic hydroxyl groups excluding tert-OH is 1. The summed E-state index contributed by atoms with van der Waals surface area (Å²) in [4.78, 5) is 0. The van der Waals surface area contributed by atoms with Gasteiger partial charge in [0.25, 0.3) is 0 Å². The van der Waals surface area contributed by atoms with Crippen molar-refractivity contribution >= 4 is 21.6 Å². The maximum Gasteiger partial charge on any atom is 0.0945 e. The number of rotatable bonds is 7. The lowest BCUT2D eigenvalue weighted by atomic mass is 10.2. The van der Waals surface area contributed by atoms with Crippen LogP contribution >= 0.6 is 15.9 Å². The molecule has 0 aliphatic heterocycles. The Bertz CT molecular complexity index is 560. The fraction of sp³-hybridized carbons (Fsp3) is 0.294. The summed E-state index contributed by atoms with van der Waals surface area (Å²) in [6.07, 6.45) is -0.541. The van der Waals surface area contributed by atoms with Crippen LogP contribution in [0.4, 0.5) is 5.69 Å². The second-order valence-corrected chi connectivity index (χ2v) is 5.76. The van der Waals surface area contributed by atoms with Crippen LogP contribution in [0.25, 0.3) is 0 Å². The van der Waals surface area contributed by atoms with Gasteiger partial charge in [0.2, 0.25) is 0 Å². The lowest BCUT2D eigenvalue weighted by Crippen LogP contribution is -2.25. The van der Waals surface area contributed by atoms with Crippen molar-refractivity contribution in [3.8, 4) is 0 Å². The van der Waals surface area contributed by atoms with Crippen molar-refractivity contribution in [2.75, 3.05) is 18.5 Å². The van der Waals surface area contributed by atoms with E-state index >= 15 is 0 Å². The first-order valence-electron chi connectivity index (χ1n) is 6.95. The number of anilines is 1. The second-order valence-electron chi connectivity index (χ2n) is 4.97. The van der Waals surface area contributed by atoms with Crippen molar-refractivity contribution in [2.24, 2.45) is 0 Å². The highest BCUT2D eigenvalue weighted by atomic mass is 79.9. The normalized spacial score (nSPS) is 12.1. The van der Waals surface area contributed by atoms with E-state index in [1.807, 2.05) is 55.5 Å². The largest absolute Gasteiger partial charge is 0.389 e. The maximum absolute atomic E-state index is 9.95. The highest BCUT2D eigenvalue weighted by Crippen LogP contribution is 2.25. The molecule has 2 aromatic carbocycles. The Kier molecular flexibility index (Phi) is 6.23. The summed E-state index contributed by atoms with van der Waals surface area (Å²) in [5, 5.41) is 13.2. The predicted molar refractivity (Wildman–Crippen MR) is 89.5 cm³/mol. The Morgan fingerprint density at radius 1 is 1.14 bits per heavy atom. The summed E-state index contributed by atoms with van der Waals surface area (Å²) in [6.45, 7) is 3.32. The lowest BCUT2D eigenvalue weighted by molar-refractivity contribution is 0.0348. The summed E-state index contributed by atoms with van der Waals surface area (Å²) in [5.41, 5.74) is 3.26. The molecule has 1 atom stereocenters. The Morgan fingerprint density at radius 2 is 1.90 bits per heavy atom. The van der Waals surface area contributed by atoms with Crippen LogP contribution in [0.3, 0.4) is 0 Å². The van der Waals surface area contributed by atoms with Crippen LogP contribution in [0.15, 0.2) is 53.0 Å². The van der Waals surface area contributed by atoms with Gasteiger partial charge in [0, 0.05) is 16.7 Å². The molecule has 1 unspecified atom stereocenters. The van der Waals surface area contributed by atoms with Gasteiger partial charge in [-0.1, -0.05) is 42.5 Å². The number of nitrogens with one attached hydrogen (secondary N) is 1. The third kappa shape index (κ3) is 5.16. The summed E-state index contributed by atoms with van der Waals surface area (Å²) >= 11 is 3.54. The van der Waals surface area contributed by atoms with Gasteiger partial charge in [0.15, 0.2) is 0 Å². The molecule has 4 heteroatoms. The lowest BCUT2D eigenvalue weighted by Gasteiger charge is -2.15. The minimum atomic E-state index is -0.541. The number of aryl methyl sites for hydroxylation is 1. The molecule has 2 N–H and O–H groups in total. The minimum absolute atomic E-state index is 0.311. The van der Waals surface area contributed by atoms with Gasteiger partial charge in [-0.05, 0) is 40.0 Å². The number of ether oxygens (including phenoxy) is 1. The summed E-state index contributed by atoms with van der Waals surface area (Å²) in [6, 6.07) is 16.0. The van der Waals surface area contributed by atoms with Gasteiger partial charge in [-0.15, -0.1) is 0 Å². The number of benzene rings is 2. The topological polar surface area (TPSA) is 41.5 Å². The summed E-state index contributed by atoms with van der Waals surface area (Å²) < 4.78 is 6.55. The molecular weight excluding hydrogens is 330 g/mol. The van der Waals surface area contributed by atoms with Crippen LogP contribution in [0.5, 0.6) is 0 Å². The van der Waals surface area contributed by atoms with Gasteiger partial charge < -0.3 is 15.2 Å². The molecule has 0 heterocycles. The van der Waals surface area contributed by atoms with Crippen molar-refractivity contribution in [3.05, 3.63) is 64.1 Å². The number of hydrogen-bond donors (Lipinski definition) is 2. The molecule has 0 aliphatic rings. The van der Waals surface area contributed by atoms with E-state index in [9.17, 15) is 5.11 Å². The van der Waals surface area contributed by atoms with Crippen LogP contribution in [0.2, 0.25) is 0 Å². The van der Waals surface area contributed by atoms with Crippen molar-refractivity contribution in [2.45, 2.75) is 19.6 Å². The monoisotopic (exact) mass is 349 g/mol. The van der Waals surface area contributed by atoms with Crippen LogP contribution < -0.4 is 5.32 Å². The van der Waals surface area contributed by atoms with E-state index in [1.165, 1.54) is 0 Å². The molecule has 0 radical (unpaired) electrons. The molecular formula is C17H20BrNO2. The van der Waals surface area contributed by atoms with Gasteiger partial charge in [-0.3, -0.25) is 0 Å². The summed E-state index contributed by atoms with van der Waals surface area (Å²) in [5.74, 6) is 0. The van der Waals surface area contributed by atoms with Crippen molar-refractivity contribution in [1.29, 1.82) is 0 Å². The first-order chi connectivity index (χ1) is 10.2. The predicted octanol–water partition coefficient (Wildman–Crippen LogP) is 3.75. The number of hydrogen-bond acceptors (Lipinski definition) is 3. The quantitative estimate of drug-likeness (QED) is 0.799. The van der Waals surface area contributed by atoms with Gasteiger partial charge in [0.05, 0.1) is 19.3 Å². The van der Waals surface area contributed by atoms with Gasteiger partial charge in [0.1, 0.15) is 0 Å². The van der Waals surface area contributed by atoms with E-state index in [0.29, 0.717) is 19.8 Å². The van der Waals surface area contributed by atoms with E-state index in [2.05, 4.69) is 21.2 Å². The van der Waals surface area contributed by atoms with E-state index in [1.54, 1.807) is 0 Å². The Balaban J connectivity index is 1.72. The van der Waals surface area contributed by atoms with Gasteiger partial charge >= 0.3 is 0 Å². The molecule has 3 nitrogen and oxygen atoms in total. The SMILES string of the molecule is Cc1cccc(NCC(O)COCc2ccccc2)c1Br. The zero-order valence-corrected chi connectivity index (χ0v) is 13.6. The third-order valence-corrected chi connectivity index (χ3v) is 4.19. The van der Waals surface area contributed by atoms with E-state index < -0.39 is 6.10 Å².